The predicted molar refractivity (Wildman–Crippen MR) is 47.2 cm³/mol. The van der Waals surface area contributed by atoms with E-state index in [0.717, 1.165) is 5.70 Å². The van der Waals surface area contributed by atoms with Crippen molar-refractivity contribution in [2.24, 2.45) is 15.0 Å². The molecule has 1 heterocycles. The Hall–Kier alpha value is -1.45. The van der Waals surface area contributed by atoms with Crippen LogP contribution in [0, 0.1) is 0 Å². The van der Waals surface area contributed by atoms with Gasteiger partial charge in [0.05, 0.1) is 12.0 Å². The molecule has 1 N–H and O–H groups in total. The van der Waals surface area contributed by atoms with E-state index in [2.05, 4.69) is 20.3 Å². The van der Waals surface area contributed by atoms with Crippen LogP contribution in [0.3, 0.4) is 0 Å². The first-order chi connectivity index (χ1) is 5.38. The lowest BCUT2D eigenvalue weighted by Gasteiger charge is -1.93. The molecule has 1 rings (SSSR count). The highest BCUT2D eigenvalue weighted by Crippen LogP contribution is 1.99. The summed E-state index contributed by atoms with van der Waals surface area (Å²) >= 11 is 0. The van der Waals surface area contributed by atoms with Crippen molar-refractivity contribution in [3.63, 3.8) is 0 Å². The first-order valence-corrected chi connectivity index (χ1v) is 3.32. The average Bonchev–Trinajstić information content (AvgIpc) is 2.47. The summed E-state index contributed by atoms with van der Waals surface area (Å²) in [5.74, 6) is 0.679. The number of allylic oxidation sites excluding steroid dienone is 1. The van der Waals surface area contributed by atoms with Gasteiger partial charge in [-0.15, -0.1) is 0 Å². The van der Waals surface area contributed by atoms with Crippen LogP contribution in [0.1, 0.15) is 6.92 Å². The highest BCUT2D eigenvalue weighted by Gasteiger charge is 2.06. The largest absolute Gasteiger partial charge is 0.343 e. The Balaban J connectivity index is 2.78. The Morgan fingerprint density at radius 1 is 1.64 bits per heavy atom. The van der Waals surface area contributed by atoms with Gasteiger partial charge in [0, 0.05) is 7.05 Å². The molecule has 0 amide bonds. The van der Waals surface area contributed by atoms with Crippen molar-refractivity contribution in [3.05, 3.63) is 11.8 Å². The molecule has 0 aromatic rings. The van der Waals surface area contributed by atoms with Crippen molar-refractivity contribution < 1.29 is 0 Å². The van der Waals surface area contributed by atoms with Crippen molar-refractivity contribution in [1.29, 1.82) is 0 Å². The van der Waals surface area contributed by atoms with Crippen LogP contribution in [0.15, 0.2) is 26.8 Å². The van der Waals surface area contributed by atoms with Crippen molar-refractivity contribution in [3.8, 4) is 0 Å². The quantitative estimate of drug-likeness (QED) is 0.431. The van der Waals surface area contributed by atoms with E-state index in [0.29, 0.717) is 5.84 Å². The van der Waals surface area contributed by atoms with Crippen LogP contribution in [-0.2, 0) is 0 Å². The molecule has 0 fully saturated rings. The van der Waals surface area contributed by atoms with E-state index in [4.69, 9.17) is 0 Å². The second-order valence-corrected chi connectivity index (χ2v) is 1.93. The summed E-state index contributed by atoms with van der Waals surface area (Å²) in [6.07, 6.45) is 5.00. The topological polar surface area (TPSA) is 49.1 Å². The highest BCUT2D eigenvalue weighted by atomic mass is 15.1. The Morgan fingerprint density at radius 3 is 3.09 bits per heavy atom. The third-order valence-corrected chi connectivity index (χ3v) is 1.23. The molecule has 4 nitrogen and oxygen atoms in total. The summed E-state index contributed by atoms with van der Waals surface area (Å²) in [7, 11) is 1.67. The summed E-state index contributed by atoms with van der Waals surface area (Å²) in [6.45, 7) is 1.93. The second kappa shape index (κ2) is 3.65. The van der Waals surface area contributed by atoms with Gasteiger partial charge in [0.15, 0.2) is 5.84 Å². The average molecular weight is 150 g/mol. The molecule has 0 saturated carbocycles. The fourth-order valence-corrected chi connectivity index (χ4v) is 0.725. The highest BCUT2D eigenvalue weighted by molar-refractivity contribution is 6.10. The predicted octanol–water partition coefficient (Wildman–Crippen LogP) is 0.578. The lowest BCUT2D eigenvalue weighted by molar-refractivity contribution is 1.27. The maximum absolute atomic E-state index is 3.99. The zero-order chi connectivity index (χ0) is 8.10. The molecule has 0 unspecified atom stereocenters. The van der Waals surface area contributed by atoms with Gasteiger partial charge in [-0.2, -0.15) is 0 Å². The van der Waals surface area contributed by atoms with Crippen molar-refractivity contribution in [1.82, 2.24) is 5.32 Å². The Labute approximate surface area is 65.5 Å². The zero-order valence-electron chi connectivity index (χ0n) is 6.57. The molecule has 0 aromatic heterocycles. The zero-order valence-corrected chi connectivity index (χ0v) is 6.57. The van der Waals surface area contributed by atoms with Gasteiger partial charge in [-0.05, 0) is 6.92 Å². The molecule has 0 spiro atoms. The van der Waals surface area contributed by atoms with Gasteiger partial charge in [0.2, 0.25) is 0 Å². The molecule has 0 atom stereocenters. The van der Waals surface area contributed by atoms with Crippen molar-refractivity contribution >= 4 is 18.5 Å². The van der Waals surface area contributed by atoms with E-state index in [1.54, 1.807) is 13.4 Å². The van der Waals surface area contributed by atoms with Crippen LogP contribution in [0.2, 0.25) is 0 Å². The molecule has 0 aliphatic carbocycles. The maximum Gasteiger partial charge on any atom is 0.178 e. The monoisotopic (exact) mass is 150 g/mol. The molecular formula is C7H10N4. The van der Waals surface area contributed by atoms with E-state index in [1.165, 1.54) is 6.34 Å². The number of nitrogens with one attached hydrogen (secondary N) is 1. The standard InChI is InChI=1S/C7H10N4/c1-3-6-7(10-4-8-2)11-5-9-6/h3-5H,1-2H3,(H,8,9,10,11)/b6-3-. The summed E-state index contributed by atoms with van der Waals surface area (Å²) in [5.41, 5.74) is 0.921. The molecular weight excluding hydrogens is 140 g/mol. The fraction of sp³-hybridized carbons (Fsp3) is 0.286. The minimum atomic E-state index is 0.679. The van der Waals surface area contributed by atoms with Gasteiger partial charge in [-0.3, -0.25) is 4.99 Å². The SMILES string of the molecule is C/C=C1\NC=NC1=NC=NC. The van der Waals surface area contributed by atoms with Gasteiger partial charge >= 0.3 is 0 Å². The minimum Gasteiger partial charge on any atom is -0.343 e. The van der Waals surface area contributed by atoms with E-state index in [-0.39, 0.29) is 0 Å². The summed E-state index contributed by atoms with van der Waals surface area (Å²) < 4.78 is 0. The molecule has 1 aliphatic rings. The van der Waals surface area contributed by atoms with Crippen LogP contribution in [-0.4, -0.2) is 25.6 Å². The molecule has 0 radical (unpaired) electrons. The normalized spacial score (nSPS) is 23.8. The Kier molecular flexibility index (Phi) is 2.54. The third kappa shape index (κ3) is 1.73. The van der Waals surface area contributed by atoms with Crippen LogP contribution >= 0.6 is 0 Å². The Morgan fingerprint density at radius 2 is 2.45 bits per heavy atom. The van der Waals surface area contributed by atoms with E-state index in [9.17, 15) is 0 Å². The lowest BCUT2D eigenvalue weighted by Crippen LogP contribution is -2.07. The Bertz CT molecular complexity index is 247. The van der Waals surface area contributed by atoms with Crippen molar-refractivity contribution in [2.75, 3.05) is 7.05 Å². The van der Waals surface area contributed by atoms with E-state index < -0.39 is 0 Å². The first kappa shape index (κ1) is 7.65. The summed E-state index contributed by atoms with van der Waals surface area (Å²) in [4.78, 5) is 11.7. The summed E-state index contributed by atoms with van der Waals surface area (Å²) in [6, 6.07) is 0. The van der Waals surface area contributed by atoms with Gasteiger partial charge < -0.3 is 5.32 Å². The van der Waals surface area contributed by atoms with Gasteiger partial charge in [-0.25, -0.2) is 9.98 Å². The minimum absolute atomic E-state index is 0.679. The molecule has 0 aromatic carbocycles. The molecule has 11 heavy (non-hydrogen) atoms. The molecule has 58 valence electrons. The number of amidine groups is 1. The van der Waals surface area contributed by atoms with E-state index >= 15 is 0 Å². The smallest absolute Gasteiger partial charge is 0.178 e. The van der Waals surface area contributed by atoms with Crippen LogP contribution in [0.5, 0.6) is 0 Å². The van der Waals surface area contributed by atoms with Gasteiger partial charge in [0.1, 0.15) is 6.34 Å². The molecule has 1 aliphatic heterocycles. The van der Waals surface area contributed by atoms with Gasteiger partial charge in [-0.1, -0.05) is 6.08 Å². The fourth-order valence-electron chi connectivity index (χ4n) is 0.725. The molecule has 0 bridgehead atoms. The number of hydrogen-bond donors (Lipinski definition) is 1. The van der Waals surface area contributed by atoms with Crippen LogP contribution in [0.25, 0.3) is 0 Å². The first-order valence-electron chi connectivity index (χ1n) is 3.32. The summed E-state index contributed by atoms with van der Waals surface area (Å²) in [5, 5.41) is 2.94. The third-order valence-electron chi connectivity index (χ3n) is 1.23. The number of rotatable bonds is 1. The van der Waals surface area contributed by atoms with Crippen LogP contribution < -0.4 is 5.32 Å². The van der Waals surface area contributed by atoms with Crippen LogP contribution in [0.4, 0.5) is 0 Å². The molecule has 0 saturated heterocycles. The lowest BCUT2D eigenvalue weighted by atomic mass is 10.4. The molecule has 4 heteroatoms. The number of aliphatic imine (C=N–C) groups is 3. The van der Waals surface area contributed by atoms with Gasteiger partial charge in [0.25, 0.3) is 0 Å². The maximum atomic E-state index is 3.99. The second-order valence-electron chi connectivity index (χ2n) is 1.93. The number of hydrogen-bond acceptors (Lipinski definition) is 2. The number of nitrogens with zero attached hydrogens (tertiary/aromatic N) is 3. The van der Waals surface area contributed by atoms with E-state index in [1.807, 2.05) is 13.0 Å². The van der Waals surface area contributed by atoms with Crippen molar-refractivity contribution in [2.45, 2.75) is 6.92 Å².